The molecule has 0 spiro atoms. The summed E-state index contributed by atoms with van der Waals surface area (Å²) in [6.45, 7) is 0. The zero-order chi connectivity index (χ0) is 9.90. The van der Waals surface area contributed by atoms with E-state index in [0.717, 1.165) is 18.3 Å². The molecule has 0 bridgehead atoms. The minimum absolute atomic E-state index is 0. The van der Waals surface area contributed by atoms with Crippen LogP contribution in [-0.4, -0.2) is 11.4 Å². The molecule has 0 unspecified atom stereocenters. The summed E-state index contributed by atoms with van der Waals surface area (Å²) in [6.07, 6.45) is -3.42. The first-order chi connectivity index (χ1) is 6.04. The Hall–Kier alpha value is -1.23. The number of hydrogen-bond acceptors (Lipinski definition) is 2. The number of nitrogens with zero attached hydrogens (tertiary/aromatic N) is 1. The smallest absolute Gasteiger partial charge is 0.411 e. The summed E-state index contributed by atoms with van der Waals surface area (Å²) in [4.78, 5) is 0. The first-order valence-corrected chi connectivity index (χ1v) is 3.39. The van der Waals surface area contributed by atoms with Gasteiger partial charge in [0.2, 0.25) is 0 Å². The molecule has 0 aromatic heterocycles. The van der Waals surface area contributed by atoms with Gasteiger partial charge < -0.3 is 5.21 Å². The third kappa shape index (κ3) is 3.26. The molecule has 0 amide bonds. The van der Waals surface area contributed by atoms with E-state index in [1.165, 1.54) is 12.1 Å². The number of oxime groups is 1. The molecule has 0 atom stereocenters. The van der Waals surface area contributed by atoms with E-state index in [4.69, 9.17) is 5.21 Å². The minimum atomic E-state index is -4.36. The molecule has 0 heterocycles. The van der Waals surface area contributed by atoms with E-state index in [1.54, 1.807) is 0 Å². The van der Waals surface area contributed by atoms with E-state index in [2.05, 4.69) is 5.16 Å². The van der Waals surface area contributed by atoms with E-state index in [9.17, 15) is 13.2 Å². The lowest BCUT2D eigenvalue weighted by molar-refractivity contribution is -0.137. The SMILES string of the molecule is Cl.O/N=C/c1cccc(C(F)(F)F)c1. The van der Waals surface area contributed by atoms with Crippen LogP contribution < -0.4 is 0 Å². The Kier molecular flexibility index (Phi) is 4.43. The van der Waals surface area contributed by atoms with Crippen molar-refractivity contribution in [2.75, 3.05) is 0 Å². The Labute approximate surface area is 84.5 Å². The van der Waals surface area contributed by atoms with Gasteiger partial charge in [-0.15, -0.1) is 12.4 Å². The van der Waals surface area contributed by atoms with Crippen molar-refractivity contribution < 1.29 is 18.4 Å². The van der Waals surface area contributed by atoms with Crippen LogP contribution in [0.3, 0.4) is 0 Å². The third-order valence-electron chi connectivity index (χ3n) is 1.42. The highest BCUT2D eigenvalue weighted by Crippen LogP contribution is 2.29. The lowest BCUT2D eigenvalue weighted by Crippen LogP contribution is -2.04. The van der Waals surface area contributed by atoms with Crippen LogP contribution in [0.15, 0.2) is 29.4 Å². The topological polar surface area (TPSA) is 32.6 Å². The fraction of sp³-hybridized carbons (Fsp3) is 0.125. The van der Waals surface area contributed by atoms with Gasteiger partial charge in [0.25, 0.3) is 0 Å². The minimum Gasteiger partial charge on any atom is -0.411 e. The molecule has 0 aliphatic heterocycles. The van der Waals surface area contributed by atoms with Crippen molar-refractivity contribution in [1.29, 1.82) is 0 Å². The van der Waals surface area contributed by atoms with E-state index in [1.807, 2.05) is 0 Å². The zero-order valence-corrected chi connectivity index (χ0v) is 7.64. The first kappa shape index (κ1) is 12.8. The average molecular weight is 226 g/mol. The van der Waals surface area contributed by atoms with Gasteiger partial charge in [0.1, 0.15) is 0 Å². The van der Waals surface area contributed by atoms with Crippen LogP contribution in [-0.2, 0) is 6.18 Å². The summed E-state index contributed by atoms with van der Waals surface area (Å²) in [7, 11) is 0. The van der Waals surface area contributed by atoms with Crippen molar-refractivity contribution in [2.45, 2.75) is 6.18 Å². The summed E-state index contributed by atoms with van der Waals surface area (Å²) in [5, 5.41) is 10.7. The normalized spacial score (nSPS) is 11.4. The van der Waals surface area contributed by atoms with Gasteiger partial charge in [-0.25, -0.2) is 0 Å². The van der Waals surface area contributed by atoms with Gasteiger partial charge in [-0.1, -0.05) is 17.3 Å². The van der Waals surface area contributed by atoms with Crippen molar-refractivity contribution in [1.82, 2.24) is 0 Å². The summed E-state index contributed by atoms with van der Waals surface area (Å²) in [5.74, 6) is 0. The second-order valence-electron chi connectivity index (χ2n) is 2.37. The maximum absolute atomic E-state index is 12.1. The first-order valence-electron chi connectivity index (χ1n) is 3.39. The molecular weight excluding hydrogens is 219 g/mol. The Morgan fingerprint density at radius 2 is 1.93 bits per heavy atom. The van der Waals surface area contributed by atoms with Gasteiger partial charge in [0, 0.05) is 0 Å². The highest BCUT2D eigenvalue weighted by molar-refractivity contribution is 5.85. The third-order valence-corrected chi connectivity index (χ3v) is 1.42. The van der Waals surface area contributed by atoms with Gasteiger partial charge in [-0.2, -0.15) is 13.2 Å². The highest BCUT2D eigenvalue weighted by Gasteiger charge is 2.30. The summed E-state index contributed by atoms with van der Waals surface area (Å²) in [6, 6.07) is 4.52. The molecule has 0 saturated carbocycles. The van der Waals surface area contributed by atoms with Gasteiger partial charge in [0.05, 0.1) is 11.8 Å². The molecular formula is C8H7ClF3NO. The summed E-state index contributed by atoms with van der Waals surface area (Å²) < 4.78 is 36.3. The molecule has 0 aliphatic carbocycles. The standard InChI is InChI=1S/C8H6F3NO.ClH/c9-8(10,11)7-3-1-2-6(4-7)5-12-13;/h1-5,13H;1H/b12-5+;. The predicted octanol–water partition coefficient (Wildman–Crippen LogP) is 2.94. The molecule has 1 aromatic rings. The Bertz CT molecular complexity index is 325. The predicted molar refractivity (Wildman–Crippen MR) is 48.1 cm³/mol. The Balaban J connectivity index is 0.00000169. The average Bonchev–Trinajstić information content (AvgIpc) is 2.04. The van der Waals surface area contributed by atoms with Crippen LogP contribution in [0, 0.1) is 0 Å². The van der Waals surface area contributed by atoms with Crippen LogP contribution in [0.1, 0.15) is 11.1 Å². The highest BCUT2D eigenvalue weighted by atomic mass is 35.5. The fourth-order valence-corrected chi connectivity index (χ4v) is 0.862. The number of rotatable bonds is 1. The number of alkyl halides is 3. The van der Waals surface area contributed by atoms with Crippen molar-refractivity contribution in [3.05, 3.63) is 35.4 Å². The maximum atomic E-state index is 12.1. The number of halogens is 4. The molecule has 1 N–H and O–H groups in total. The van der Waals surface area contributed by atoms with E-state index in [0.29, 0.717) is 0 Å². The maximum Gasteiger partial charge on any atom is 0.416 e. The number of benzene rings is 1. The van der Waals surface area contributed by atoms with Gasteiger partial charge in [-0.3, -0.25) is 0 Å². The van der Waals surface area contributed by atoms with Gasteiger partial charge in [0.15, 0.2) is 0 Å². The van der Waals surface area contributed by atoms with Crippen molar-refractivity contribution in [3.8, 4) is 0 Å². The molecule has 78 valence electrons. The molecule has 0 fully saturated rings. The molecule has 6 heteroatoms. The second kappa shape index (κ2) is 4.85. The number of hydrogen-bond donors (Lipinski definition) is 1. The summed E-state index contributed by atoms with van der Waals surface area (Å²) >= 11 is 0. The van der Waals surface area contributed by atoms with Crippen LogP contribution >= 0.6 is 12.4 Å². The van der Waals surface area contributed by atoms with Crippen LogP contribution in [0.25, 0.3) is 0 Å². The van der Waals surface area contributed by atoms with Crippen LogP contribution in [0.4, 0.5) is 13.2 Å². The van der Waals surface area contributed by atoms with Crippen molar-refractivity contribution >= 4 is 18.6 Å². The van der Waals surface area contributed by atoms with Gasteiger partial charge in [-0.05, 0) is 17.7 Å². The lowest BCUT2D eigenvalue weighted by atomic mass is 10.1. The molecule has 0 saturated heterocycles. The van der Waals surface area contributed by atoms with Crippen LogP contribution in [0.2, 0.25) is 0 Å². The zero-order valence-electron chi connectivity index (χ0n) is 6.82. The molecule has 1 rings (SSSR count). The van der Waals surface area contributed by atoms with E-state index < -0.39 is 11.7 Å². The van der Waals surface area contributed by atoms with Crippen molar-refractivity contribution in [2.24, 2.45) is 5.16 Å². The molecule has 0 aliphatic rings. The van der Waals surface area contributed by atoms with E-state index >= 15 is 0 Å². The van der Waals surface area contributed by atoms with E-state index in [-0.39, 0.29) is 18.0 Å². The Morgan fingerprint density at radius 3 is 2.43 bits per heavy atom. The molecule has 2 nitrogen and oxygen atoms in total. The molecule has 0 radical (unpaired) electrons. The molecule has 14 heavy (non-hydrogen) atoms. The quantitative estimate of drug-likeness (QED) is 0.445. The Morgan fingerprint density at radius 1 is 1.29 bits per heavy atom. The summed E-state index contributed by atoms with van der Waals surface area (Å²) in [5.41, 5.74) is -0.553. The van der Waals surface area contributed by atoms with Crippen molar-refractivity contribution in [3.63, 3.8) is 0 Å². The monoisotopic (exact) mass is 225 g/mol. The second-order valence-corrected chi connectivity index (χ2v) is 2.37. The lowest BCUT2D eigenvalue weighted by Gasteiger charge is -2.05. The largest absolute Gasteiger partial charge is 0.416 e. The van der Waals surface area contributed by atoms with Crippen LogP contribution in [0.5, 0.6) is 0 Å². The van der Waals surface area contributed by atoms with Gasteiger partial charge >= 0.3 is 6.18 Å². The fourth-order valence-electron chi connectivity index (χ4n) is 0.862. The molecule has 1 aromatic carbocycles.